The number of hydrogen-bond donors (Lipinski definition) is 2. The van der Waals surface area contributed by atoms with Crippen molar-refractivity contribution in [3.63, 3.8) is 0 Å². The Morgan fingerprint density at radius 3 is 2.78 bits per heavy atom. The maximum Gasteiger partial charge on any atom is 0.241 e. The number of benzene rings is 1. The summed E-state index contributed by atoms with van der Waals surface area (Å²) in [6.07, 6.45) is 5.51. The molecule has 1 atom stereocenters. The van der Waals surface area contributed by atoms with Crippen molar-refractivity contribution >= 4 is 26.8 Å². The van der Waals surface area contributed by atoms with E-state index in [1.54, 1.807) is 58.3 Å². The number of nitrogens with zero attached hydrogens (tertiary/aromatic N) is 3. The van der Waals surface area contributed by atoms with Crippen LogP contribution < -0.4 is 4.72 Å². The van der Waals surface area contributed by atoms with Crippen LogP contribution in [0.2, 0.25) is 0 Å². The van der Waals surface area contributed by atoms with Crippen molar-refractivity contribution in [2.75, 3.05) is 13.1 Å². The van der Waals surface area contributed by atoms with Crippen LogP contribution in [0.5, 0.6) is 0 Å². The van der Waals surface area contributed by atoms with Crippen LogP contribution in [-0.2, 0) is 21.4 Å². The number of fused-ring (bicyclic) bond motifs is 1. The number of aryl methyl sites for hydroxylation is 1. The molecule has 0 spiro atoms. The van der Waals surface area contributed by atoms with Gasteiger partial charge in [0.25, 0.3) is 0 Å². The number of nitriles is 1. The molecule has 8 nitrogen and oxygen atoms in total. The van der Waals surface area contributed by atoms with Crippen LogP contribution in [0, 0.1) is 17.2 Å². The van der Waals surface area contributed by atoms with Gasteiger partial charge in [-0.05, 0) is 55.5 Å². The van der Waals surface area contributed by atoms with Gasteiger partial charge in [0.05, 0.1) is 4.90 Å². The van der Waals surface area contributed by atoms with Crippen LogP contribution in [0.15, 0.2) is 53.7 Å². The average Bonchev–Trinajstić information content (AvgIpc) is 3.45. The second-order valence-corrected chi connectivity index (χ2v) is 10.0. The van der Waals surface area contributed by atoms with Crippen LogP contribution in [0.3, 0.4) is 0 Å². The van der Waals surface area contributed by atoms with Crippen LogP contribution in [0.25, 0.3) is 10.9 Å². The molecule has 0 aliphatic carbocycles. The first-order valence-electron chi connectivity index (χ1n) is 10.8. The highest BCUT2D eigenvalue weighted by Gasteiger charge is 2.31. The van der Waals surface area contributed by atoms with Gasteiger partial charge in [0.15, 0.2) is 0 Å². The zero-order chi connectivity index (χ0) is 22.7. The molecule has 1 fully saturated rings. The molecule has 0 saturated carbocycles. The fraction of sp³-hybridized carbons (Fsp3) is 0.391. The van der Waals surface area contributed by atoms with Gasteiger partial charge >= 0.3 is 0 Å². The summed E-state index contributed by atoms with van der Waals surface area (Å²) in [5, 5.41) is 9.84. The highest BCUT2D eigenvalue weighted by Crippen LogP contribution is 2.23. The van der Waals surface area contributed by atoms with E-state index >= 15 is 0 Å². The predicted molar refractivity (Wildman–Crippen MR) is 121 cm³/mol. The number of hydrogen-bond acceptors (Lipinski definition) is 4. The first kappa shape index (κ1) is 22.1. The summed E-state index contributed by atoms with van der Waals surface area (Å²) in [5.41, 5.74) is 1.19. The highest BCUT2D eigenvalue weighted by molar-refractivity contribution is 7.89. The van der Waals surface area contributed by atoms with E-state index in [1.807, 2.05) is 0 Å². The molecule has 32 heavy (non-hydrogen) atoms. The number of likely N-dealkylation sites (tertiary alicyclic amines) is 1. The largest absolute Gasteiger partial charge is 0.361 e. The van der Waals surface area contributed by atoms with E-state index in [4.69, 9.17) is 0 Å². The second kappa shape index (κ2) is 9.18. The number of aromatic nitrogens is 2. The minimum Gasteiger partial charge on any atom is -0.361 e. The number of carbonyl (C=O) groups is 1. The Morgan fingerprint density at radius 1 is 1.25 bits per heavy atom. The van der Waals surface area contributed by atoms with E-state index in [2.05, 4.69) is 22.7 Å². The molecule has 1 aliphatic heterocycles. The number of piperidine rings is 1. The van der Waals surface area contributed by atoms with E-state index in [9.17, 15) is 18.5 Å². The summed E-state index contributed by atoms with van der Waals surface area (Å²) in [5.74, 6) is 0.339. The van der Waals surface area contributed by atoms with Crippen molar-refractivity contribution in [2.24, 2.45) is 5.92 Å². The molecule has 2 aromatic heterocycles. The lowest BCUT2D eigenvalue weighted by Gasteiger charge is -2.33. The molecular weight excluding hydrogens is 426 g/mol. The second-order valence-electron chi connectivity index (χ2n) is 8.36. The molecular formula is C23H27N5O3S. The molecule has 168 valence electrons. The Morgan fingerprint density at radius 2 is 2.03 bits per heavy atom. The third-order valence-electron chi connectivity index (χ3n) is 6.14. The summed E-state index contributed by atoms with van der Waals surface area (Å²) < 4.78 is 31.1. The number of sulfonamides is 1. The van der Waals surface area contributed by atoms with Gasteiger partial charge in [-0.1, -0.05) is 13.0 Å². The molecule has 0 bridgehead atoms. The molecule has 2 N–H and O–H groups in total. The zero-order valence-electron chi connectivity index (χ0n) is 18.0. The first-order valence-corrected chi connectivity index (χ1v) is 12.3. The van der Waals surface area contributed by atoms with Crippen LogP contribution in [-0.4, -0.2) is 47.9 Å². The standard InChI is InChI=1S/C23H27N5O3S/c1-17-8-13-28(14-9-17)23(29)21(10-15-27-12-3-4-18(27)16-24)26-32(30,31)22-6-2-5-20-19(22)7-11-25-20/h2-7,11-12,17,21,25-26H,8-10,13-15H2,1H3/t21-/m0/s1. The number of aromatic amines is 1. The maximum absolute atomic E-state index is 13.4. The molecule has 3 heterocycles. The summed E-state index contributed by atoms with van der Waals surface area (Å²) in [6.45, 7) is 3.76. The molecule has 0 unspecified atom stereocenters. The lowest BCUT2D eigenvalue weighted by Crippen LogP contribution is -2.50. The minimum atomic E-state index is -3.95. The van der Waals surface area contributed by atoms with Crippen molar-refractivity contribution in [1.29, 1.82) is 5.26 Å². The number of carbonyl (C=O) groups excluding carboxylic acids is 1. The van der Waals surface area contributed by atoms with Gasteiger partial charge in [-0.15, -0.1) is 0 Å². The van der Waals surface area contributed by atoms with Crippen molar-refractivity contribution < 1.29 is 13.2 Å². The third kappa shape index (κ3) is 4.56. The Bertz CT molecular complexity index is 1250. The summed E-state index contributed by atoms with van der Waals surface area (Å²) in [4.78, 5) is 18.3. The van der Waals surface area contributed by atoms with Crippen LogP contribution in [0.1, 0.15) is 31.9 Å². The summed E-state index contributed by atoms with van der Waals surface area (Å²) in [7, 11) is -3.95. The number of amides is 1. The van der Waals surface area contributed by atoms with Gasteiger partial charge < -0.3 is 14.5 Å². The Labute approximate surface area is 187 Å². The van der Waals surface area contributed by atoms with E-state index in [1.165, 1.54) is 0 Å². The van der Waals surface area contributed by atoms with Crippen LogP contribution in [0.4, 0.5) is 0 Å². The number of nitrogens with one attached hydrogen (secondary N) is 2. The zero-order valence-corrected chi connectivity index (χ0v) is 18.8. The quantitative estimate of drug-likeness (QED) is 0.573. The maximum atomic E-state index is 13.4. The number of rotatable bonds is 7. The fourth-order valence-corrected chi connectivity index (χ4v) is 5.65. The van der Waals surface area contributed by atoms with E-state index in [0.717, 1.165) is 12.8 Å². The van der Waals surface area contributed by atoms with Crippen molar-refractivity contribution in [1.82, 2.24) is 19.2 Å². The molecule has 1 saturated heterocycles. The van der Waals surface area contributed by atoms with Gasteiger partial charge in [0, 0.05) is 42.9 Å². The monoisotopic (exact) mass is 453 g/mol. The molecule has 3 aromatic rings. The topological polar surface area (TPSA) is 111 Å². The average molecular weight is 454 g/mol. The van der Waals surface area contributed by atoms with Crippen molar-refractivity contribution in [2.45, 2.75) is 43.7 Å². The van der Waals surface area contributed by atoms with Crippen molar-refractivity contribution in [3.05, 3.63) is 54.5 Å². The molecule has 1 aromatic carbocycles. The van der Waals surface area contributed by atoms with Crippen molar-refractivity contribution in [3.8, 4) is 6.07 Å². The summed E-state index contributed by atoms with van der Waals surface area (Å²) in [6, 6.07) is 11.4. The lowest BCUT2D eigenvalue weighted by molar-refractivity contribution is -0.134. The first-order chi connectivity index (χ1) is 15.4. The fourth-order valence-electron chi connectivity index (χ4n) is 4.20. The minimum absolute atomic E-state index is 0.139. The Hall–Kier alpha value is -3.09. The molecule has 4 rings (SSSR count). The lowest BCUT2D eigenvalue weighted by atomic mass is 9.98. The van der Waals surface area contributed by atoms with E-state index in [-0.39, 0.29) is 17.2 Å². The van der Waals surface area contributed by atoms with E-state index in [0.29, 0.717) is 42.1 Å². The highest BCUT2D eigenvalue weighted by atomic mass is 32.2. The third-order valence-corrected chi connectivity index (χ3v) is 7.67. The molecule has 0 radical (unpaired) electrons. The Balaban J connectivity index is 1.60. The SMILES string of the molecule is CC1CCN(C(=O)[C@H](CCn2cccc2C#N)NS(=O)(=O)c2cccc3[nH]ccc23)CC1. The van der Waals surface area contributed by atoms with Crippen LogP contribution >= 0.6 is 0 Å². The Kier molecular flexibility index (Phi) is 6.35. The van der Waals surface area contributed by atoms with Gasteiger partial charge in [-0.2, -0.15) is 9.98 Å². The van der Waals surface area contributed by atoms with Gasteiger partial charge in [0.2, 0.25) is 15.9 Å². The molecule has 1 aliphatic rings. The van der Waals surface area contributed by atoms with Gasteiger partial charge in [-0.3, -0.25) is 4.79 Å². The van der Waals surface area contributed by atoms with Gasteiger partial charge in [-0.25, -0.2) is 8.42 Å². The molecule has 9 heteroatoms. The normalized spacial score (nSPS) is 16.2. The smallest absolute Gasteiger partial charge is 0.241 e. The van der Waals surface area contributed by atoms with Gasteiger partial charge in [0.1, 0.15) is 17.8 Å². The molecule has 1 amide bonds. The summed E-state index contributed by atoms with van der Waals surface area (Å²) >= 11 is 0. The predicted octanol–water partition coefficient (Wildman–Crippen LogP) is 2.84. The number of H-pyrrole nitrogens is 1. The van der Waals surface area contributed by atoms with E-state index < -0.39 is 16.1 Å².